The van der Waals surface area contributed by atoms with Crippen LogP contribution >= 0.6 is 0 Å². The number of carbonyl (C=O) groups excluding carboxylic acids is 2. The van der Waals surface area contributed by atoms with Crippen molar-refractivity contribution in [1.29, 1.82) is 0 Å². The highest BCUT2D eigenvalue weighted by molar-refractivity contribution is 6.07. The van der Waals surface area contributed by atoms with Crippen molar-refractivity contribution in [2.24, 2.45) is 4.99 Å². The first-order chi connectivity index (χ1) is 12.3. The summed E-state index contributed by atoms with van der Waals surface area (Å²) >= 11 is 0. The summed E-state index contributed by atoms with van der Waals surface area (Å²) < 4.78 is 0. The van der Waals surface area contributed by atoms with Crippen molar-refractivity contribution < 1.29 is 9.59 Å². The van der Waals surface area contributed by atoms with E-state index in [4.69, 9.17) is 0 Å². The maximum absolute atomic E-state index is 12.4. The summed E-state index contributed by atoms with van der Waals surface area (Å²) in [5.74, 6) is 0.567. The average molecular weight is 357 g/mol. The second-order valence-electron chi connectivity index (χ2n) is 7.46. The minimum atomic E-state index is -0.667. The molecule has 1 spiro atoms. The molecule has 1 aromatic rings. The lowest BCUT2D eigenvalue weighted by atomic mass is 9.88. The second-order valence-corrected chi connectivity index (χ2v) is 7.46. The standard InChI is InChI=1S/C19H27N5O2/c1-13-5-6-15(14(2)11-13)20-16(25)12-24-9-7-19(8-10-24)17(26)21-18(22-19)23(3)4/h5-6,11H,7-10,12H2,1-4H3,(H,20,25)(H,21,22,26). The molecule has 1 saturated heterocycles. The lowest BCUT2D eigenvalue weighted by molar-refractivity contribution is -0.125. The van der Waals surface area contributed by atoms with Crippen LogP contribution in [0.5, 0.6) is 0 Å². The monoisotopic (exact) mass is 357 g/mol. The highest BCUT2D eigenvalue weighted by atomic mass is 16.2. The maximum Gasteiger partial charge on any atom is 0.254 e. The topological polar surface area (TPSA) is 77.0 Å². The normalized spacial score (nSPS) is 19.2. The van der Waals surface area contributed by atoms with Gasteiger partial charge in [-0.3, -0.25) is 19.8 Å². The number of nitrogens with one attached hydrogen (secondary N) is 2. The SMILES string of the molecule is Cc1ccc(NC(=O)CN2CCC3(CC2)N=C(N(C)C)NC3=O)c(C)c1. The molecular formula is C19H27N5O2. The van der Waals surface area contributed by atoms with E-state index in [-0.39, 0.29) is 11.8 Å². The van der Waals surface area contributed by atoms with Gasteiger partial charge in [0.2, 0.25) is 11.9 Å². The zero-order valence-corrected chi connectivity index (χ0v) is 15.9. The van der Waals surface area contributed by atoms with Crippen LogP contribution in [0.15, 0.2) is 23.2 Å². The largest absolute Gasteiger partial charge is 0.349 e. The molecule has 7 nitrogen and oxygen atoms in total. The maximum atomic E-state index is 12.4. The van der Waals surface area contributed by atoms with Gasteiger partial charge >= 0.3 is 0 Å². The highest BCUT2D eigenvalue weighted by Gasteiger charge is 2.46. The highest BCUT2D eigenvalue weighted by Crippen LogP contribution is 2.30. The van der Waals surface area contributed by atoms with Crippen LogP contribution in [0.3, 0.4) is 0 Å². The average Bonchev–Trinajstić information content (AvgIpc) is 2.90. The molecule has 1 aromatic carbocycles. The van der Waals surface area contributed by atoms with Crippen LogP contribution in [0, 0.1) is 13.8 Å². The van der Waals surface area contributed by atoms with Gasteiger partial charge in [-0.2, -0.15) is 0 Å². The molecule has 26 heavy (non-hydrogen) atoms. The van der Waals surface area contributed by atoms with Gasteiger partial charge in [-0.15, -0.1) is 0 Å². The molecule has 0 radical (unpaired) electrons. The molecule has 2 amide bonds. The number of aryl methyl sites for hydroxylation is 2. The third-order valence-electron chi connectivity index (χ3n) is 5.10. The van der Waals surface area contributed by atoms with Gasteiger partial charge in [0.25, 0.3) is 5.91 Å². The summed E-state index contributed by atoms with van der Waals surface area (Å²) in [5, 5.41) is 5.83. The van der Waals surface area contributed by atoms with E-state index in [9.17, 15) is 9.59 Å². The van der Waals surface area contributed by atoms with Crippen LogP contribution in [0.1, 0.15) is 24.0 Å². The molecule has 2 aliphatic rings. The number of carbonyl (C=O) groups is 2. The number of hydrogen-bond donors (Lipinski definition) is 2. The van der Waals surface area contributed by atoms with Gasteiger partial charge in [0.15, 0.2) is 0 Å². The number of nitrogens with zero attached hydrogens (tertiary/aromatic N) is 3. The molecule has 0 aliphatic carbocycles. The second kappa shape index (κ2) is 7.07. The lowest BCUT2D eigenvalue weighted by Crippen LogP contribution is -2.50. The zero-order chi connectivity index (χ0) is 18.9. The van der Waals surface area contributed by atoms with Gasteiger partial charge in [0.05, 0.1) is 6.54 Å². The van der Waals surface area contributed by atoms with Crippen LogP contribution in [0.4, 0.5) is 5.69 Å². The van der Waals surface area contributed by atoms with Crippen molar-refractivity contribution in [2.75, 3.05) is 39.0 Å². The molecule has 0 unspecified atom stereocenters. The van der Waals surface area contributed by atoms with Crippen molar-refractivity contribution in [3.8, 4) is 0 Å². The number of amides is 2. The Hall–Kier alpha value is -2.41. The number of rotatable bonds is 3. The number of benzene rings is 1. The van der Waals surface area contributed by atoms with E-state index >= 15 is 0 Å². The Kier molecular flexibility index (Phi) is 5.00. The van der Waals surface area contributed by atoms with Crippen molar-refractivity contribution in [3.63, 3.8) is 0 Å². The van der Waals surface area contributed by atoms with Gasteiger partial charge in [0, 0.05) is 32.9 Å². The predicted octanol–water partition coefficient (Wildman–Crippen LogP) is 1.12. The van der Waals surface area contributed by atoms with Gasteiger partial charge in [-0.05, 0) is 38.3 Å². The van der Waals surface area contributed by atoms with Crippen LogP contribution < -0.4 is 10.6 Å². The van der Waals surface area contributed by atoms with E-state index in [1.54, 1.807) is 0 Å². The summed E-state index contributed by atoms with van der Waals surface area (Å²) in [7, 11) is 3.73. The molecule has 3 rings (SSSR count). The van der Waals surface area contributed by atoms with Gasteiger partial charge in [-0.25, -0.2) is 4.99 Å². The van der Waals surface area contributed by atoms with Crippen LogP contribution in [0.25, 0.3) is 0 Å². The Morgan fingerprint density at radius 3 is 2.58 bits per heavy atom. The molecule has 2 N–H and O–H groups in total. The minimum absolute atomic E-state index is 0.0266. The Balaban J connectivity index is 1.56. The van der Waals surface area contributed by atoms with Gasteiger partial charge in [0.1, 0.15) is 5.54 Å². The molecule has 0 atom stereocenters. The summed E-state index contributed by atoms with van der Waals surface area (Å²) in [5.41, 5.74) is 2.42. The Bertz CT molecular complexity index is 748. The van der Waals surface area contributed by atoms with Crippen molar-refractivity contribution in [2.45, 2.75) is 32.2 Å². The molecular weight excluding hydrogens is 330 g/mol. The summed E-state index contributed by atoms with van der Waals surface area (Å²) in [6.07, 6.45) is 1.26. The quantitative estimate of drug-likeness (QED) is 0.850. The fraction of sp³-hybridized carbons (Fsp3) is 0.526. The molecule has 0 saturated carbocycles. The number of piperidine rings is 1. The van der Waals surface area contributed by atoms with E-state index in [0.29, 0.717) is 38.4 Å². The molecule has 7 heteroatoms. The van der Waals surface area contributed by atoms with Crippen molar-refractivity contribution in [1.82, 2.24) is 15.1 Å². The molecule has 1 fully saturated rings. The van der Waals surface area contributed by atoms with E-state index in [1.807, 2.05) is 45.0 Å². The smallest absolute Gasteiger partial charge is 0.254 e. The van der Waals surface area contributed by atoms with E-state index in [2.05, 4.69) is 26.6 Å². The fourth-order valence-corrected chi connectivity index (χ4v) is 3.48. The Labute approximate surface area is 154 Å². The molecule has 2 heterocycles. The first-order valence-corrected chi connectivity index (χ1v) is 8.97. The number of hydrogen-bond acceptors (Lipinski definition) is 5. The summed E-state index contributed by atoms with van der Waals surface area (Å²) in [6.45, 7) is 5.71. The van der Waals surface area contributed by atoms with Gasteiger partial charge < -0.3 is 10.2 Å². The third kappa shape index (κ3) is 3.72. The summed E-state index contributed by atoms with van der Waals surface area (Å²) in [4.78, 5) is 33.2. The molecule has 2 aliphatic heterocycles. The number of aliphatic imine (C=N–C) groups is 1. The number of likely N-dealkylation sites (tertiary alicyclic amines) is 1. The van der Waals surface area contributed by atoms with E-state index in [1.165, 1.54) is 5.56 Å². The van der Waals surface area contributed by atoms with Gasteiger partial charge in [-0.1, -0.05) is 17.7 Å². The molecule has 0 bridgehead atoms. The number of guanidine groups is 1. The molecule has 140 valence electrons. The van der Waals surface area contributed by atoms with Crippen molar-refractivity contribution in [3.05, 3.63) is 29.3 Å². The van der Waals surface area contributed by atoms with Crippen LogP contribution in [-0.4, -0.2) is 66.8 Å². The summed E-state index contributed by atoms with van der Waals surface area (Å²) in [6, 6.07) is 5.99. The molecule has 0 aromatic heterocycles. The van der Waals surface area contributed by atoms with E-state index in [0.717, 1.165) is 11.3 Å². The zero-order valence-electron chi connectivity index (χ0n) is 15.9. The van der Waals surface area contributed by atoms with E-state index < -0.39 is 5.54 Å². The lowest BCUT2D eigenvalue weighted by Gasteiger charge is -2.34. The first-order valence-electron chi connectivity index (χ1n) is 8.97. The minimum Gasteiger partial charge on any atom is -0.349 e. The van der Waals surface area contributed by atoms with Crippen molar-refractivity contribution >= 4 is 23.5 Å². The van der Waals surface area contributed by atoms with Crippen LogP contribution in [0.2, 0.25) is 0 Å². The first kappa shape index (κ1) is 18.4. The Morgan fingerprint density at radius 2 is 2.00 bits per heavy atom. The number of anilines is 1. The fourth-order valence-electron chi connectivity index (χ4n) is 3.48. The Morgan fingerprint density at radius 1 is 1.31 bits per heavy atom. The van der Waals surface area contributed by atoms with Crippen LogP contribution in [-0.2, 0) is 9.59 Å². The predicted molar refractivity (Wildman–Crippen MR) is 102 cm³/mol. The third-order valence-corrected chi connectivity index (χ3v) is 5.10.